The van der Waals surface area contributed by atoms with E-state index in [1.165, 1.54) is 0 Å². The number of hydrogen-bond donors (Lipinski definition) is 1. The Morgan fingerprint density at radius 1 is 1.29 bits per heavy atom. The Hall–Kier alpha value is -2.72. The van der Waals surface area contributed by atoms with Gasteiger partial charge in [-0.05, 0) is 73.5 Å². The molecule has 0 aliphatic carbocycles. The van der Waals surface area contributed by atoms with E-state index in [1.54, 1.807) is 6.20 Å². The zero-order chi connectivity index (χ0) is 20.1. The maximum absolute atomic E-state index is 12.9. The van der Waals surface area contributed by atoms with Crippen molar-refractivity contribution >= 4 is 24.4 Å². The largest absolute Gasteiger partial charge is 0.310 e. The van der Waals surface area contributed by atoms with Gasteiger partial charge in [0, 0.05) is 12.7 Å². The van der Waals surface area contributed by atoms with Crippen LogP contribution < -0.4 is 15.8 Å². The minimum Gasteiger partial charge on any atom is -0.310 e. The van der Waals surface area contributed by atoms with Gasteiger partial charge in [0.2, 0.25) is 5.91 Å². The predicted octanol–water partition coefficient (Wildman–Crippen LogP) is 2.94. The van der Waals surface area contributed by atoms with Gasteiger partial charge in [0.25, 0.3) is 0 Å². The van der Waals surface area contributed by atoms with Crippen LogP contribution >= 0.6 is 0 Å². The van der Waals surface area contributed by atoms with Crippen LogP contribution in [0.1, 0.15) is 26.7 Å². The molecule has 2 aliphatic rings. The molecular formula is C24H29N3O. The van der Waals surface area contributed by atoms with Crippen LogP contribution in [0.5, 0.6) is 0 Å². The fraction of sp³-hybridized carbons (Fsp3) is 0.333. The van der Waals surface area contributed by atoms with Crippen LogP contribution in [0.15, 0.2) is 60.4 Å². The van der Waals surface area contributed by atoms with Gasteiger partial charge in [0.05, 0.1) is 5.41 Å². The molecule has 1 aromatic heterocycles. The van der Waals surface area contributed by atoms with E-state index < -0.39 is 0 Å². The highest BCUT2D eigenvalue weighted by molar-refractivity contribution is 5.95. The number of pyridine rings is 1. The lowest BCUT2D eigenvalue weighted by Gasteiger charge is -2.23. The highest BCUT2D eigenvalue weighted by atomic mass is 16.2. The molecule has 3 rings (SSSR count). The van der Waals surface area contributed by atoms with Gasteiger partial charge in [-0.25, -0.2) is 4.98 Å². The number of amides is 1. The van der Waals surface area contributed by atoms with Crippen molar-refractivity contribution in [3.63, 3.8) is 0 Å². The number of anilines is 1. The quantitative estimate of drug-likeness (QED) is 0.778. The van der Waals surface area contributed by atoms with E-state index >= 15 is 0 Å². The molecule has 1 aromatic rings. The zero-order valence-electron chi connectivity index (χ0n) is 16.9. The van der Waals surface area contributed by atoms with E-state index in [4.69, 9.17) is 0 Å². The van der Waals surface area contributed by atoms with Crippen LogP contribution in [0.2, 0.25) is 0 Å². The standard InChI is InChI=1S/C24H29N3O/c1-5-8-9-19(6-2)20(7-3)14-21-15-22(25-16-18(21)4)26-23(28)24-10-12-27(17-24)13-11-24/h5-9,14-16H,2,4,10-13,17H2,1,3H3,(H,26,28)/b8-5-,19-9+,20-7+,21-14-. The summed E-state index contributed by atoms with van der Waals surface area (Å²) < 4.78 is 0. The molecule has 4 nitrogen and oxygen atoms in total. The number of fused-ring (bicyclic) bond motifs is 2. The summed E-state index contributed by atoms with van der Waals surface area (Å²) in [4.78, 5) is 19.6. The smallest absolute Gasteiger partial charge is 0.233 e. The fourth-order valence-electron chi connectivity index (χ4n) is 3.96. The van der Waals surface area contributed by atoms with Crippen LogP contribution in [0, 0.1) is 5.41 Å². The Bertz CT molecular complexity index is 960. The maximum Gasteiger partial charge on any atom is 0.233 e. The van der Waals surface area contributed by atoms with Crippen molar-refractivity contribution in [1.82, 2.24) is 9.88 Å². The molecule has 0 radical (unpaired) electrons. The monoisotopic (exact) mass is 375 g/mol. The first-order valence-electron chi connectivity index (χ1n) is 9.84. The molecule has 4 heteroatoms. The minimum atomic E-state index is -0.242. The lowest BCUT2D eigenvalue weighted by Crippen LogP contribution is -2.36. The number of rotatable bonds is 6. The number of nitrogens with zero attached hydrogens (tertiary/aromatic N) is 2. The molecule has 28 heavy (non-hydrogen) atoms. The van der Waals surface area contributed by atoms with E-state index in [-0.39, 0.29) is 11.3 Å². The molecule has 0 saturated carbocycles. The Morgan fingerprint density at radius 3 is 2.61 bits per heavy atom. The normalized spacial score (nSPS) is 25.5. The molecule has 1 N–H and O–H groups in total. The molecule has 1 amide bonds. The molecule has 0 aromatic carbocycles. The average Bonchev–Trinajstić information content (AvgIpc) is 3.32. The van der Waals surface area contributed by atoms with E-state index in [1.807, 2.05) is 50.3 Å². The van der Waals surface area contributed by atoms with Crippen molar-refractivity contribution in [3.8, 4) is 0 Å². The molecule has 3 heterocycles. The summed E-state index contributed by atoms with van der Waals surface area (Å²) in [5.74, 6) is 0.671. The van der Waals surface area contributed by atoms with Crippen molar-refractivity contribution in [3.05, 3.63) is 70.8 Å². The van der Waals surface area contributed by atoms with Gasteiger partial charge >= 0.3 is 0 Å². The summed E-state index contributed by atoms with van der Waals surface area (Å²) >= 11 is 0. The summed E-state index contributed by atoms with van der Waals surface area (Å²) in [6, 6.07) is 1.90. The van der Waals surface area contributed by atoms with Gasteiger partial charge in [-0.15, -0.1) is 0 Å². The molecule has 0 spiro atoms. The second kappa shape index (κ2) is 8.53. The SMILES string of the molecule is C=CC(=C\C=C/C)/C(/C=c1/cc(NC(=O)C23CCN(CC2)C3)ncc1=C)=C/C. The Balaban J connectivity index is 1.89. The van der Waals surface area contributed by atoms with Gasteiger partial charge in [0.15, 0.2) is 0 Å². The third-order valence-electron chi connectivity index (χ3n) is 5.73. The predicted molar refractivity (Wildman–Crippen MR) is 117 cm³/mol. The van der Waals surface area contributed by atoms with Gasteiger partial charge < -0.3 is 10.2 Å². The highest BCUT2D eigenvalue weighted by Crippen LogP contribution is 2.41. The minimum absolute atomic E-state index is 0.0915. The van der Waals surface area contributed by atoms with Crippen molar-refractivity contribution in [2.75, 3.05) is 25.0 Å². The van der Waals surface area contributed by atoms with Crippen LogP contribution in [-0.2, 0) is 4.79 Å². The van der Waals surface area contributed by atoms with Gasteiger partial charge in [-0.3, -0.25) is 4.79 Å². The van der Waals surface area contributed by atoms with Gasteiger partial charge in [0.1, 0.15) is 5.82 Å². The lowest BCUT2D eigenvalue weighted by atomic mass is 9.84. The van der Waals surface area contributed by atoms with E-state index in [9.17, 15) is 4.79 Å². The third-order valence-corrected chi connectivity index (χ3v) is 5.73. The van der Waals surface area contributed by atoms with Gasteiger partial charge in [-0.2, -0.15) is 0 Å². The van der Waals surface area contributed by atoms with Gasteiger partial charge in [-0.1, -0.05) is 43.5 Å². The van der Waals surface area contributed by atoms with E-state index in [2.05, 4.69) is 34.4 Å². The van der Waals surface area contributed by atoms with Crippen LogP contribution in [0.25, 0.3) is 12.7 Å². The van der Waals surface area contributed by atoms with Crippen molar-refractivity contribution in [1.29, 1.82) is 0 Å². The highest BCUT2D eigenvalue weighted by Gasteiger charge is 2.49. The molecule has 2 bridgehead atoms. The van der Waals surface area contributed by atoms with Crippen LogP contribution in [0.4, 0.5) is 5.82 Å². The van der Waals surface area contributed by atoms with Crippen LogP contribution in [-0.4, -0.2) is 35.4 Å². The average molecular weight is 376 g/mol. The maximum atomic E-state index is 12.9. The van der Waals surface area contributed by atoms with Crippen molar-refractivity contribution in [2.24, 2.45) is 5.41 Å². The zero-order valence-corrected chi connectivity index (χ0v) is 16.9. The van der Waals surface area contributed by atoms with E-state index in [0.717, 1.165) is 54.1 Å². The Kier molecular flexibility index (Phi) is 6.10. The topological polar surface area (TPSA) is 45.2 Å². The third kappa shape index (κ3) is 4.07. The summed E-state index contributed by atoms with van der Waals surface area (Å²) in [6.45, 7) is 14.9. The number of carbonyl (C=O) groups excluding carboxylic acids is 1. The summed E-state index contributed by atoms with van der Waals surface area (Å²) in [7, 11) is 0. The number of piperidine rings is 1. The molecule has 0 unspecified atom stereocenters. The molecule has 2 saturated heterocycles. The summed E-state index contributed by atoms with van der Waals surface area (Å²) in [5, 5.41) is 4.80. The molecule has 0 atom stereocenters. The molecule has 2 fully saturated rings. The van der Waals surface area contributed by atoms with Crippen molar-refractivity contribution in [2.45, 2.75) is 26.7 Å². The van der Waals surface area contributed by atoms with Crippen molar-refractivity contribution < 1.29 is 4.79 Å². The first-order valence-corrected chi connectivity index (χ1v) is 9.84. The van der Waals surface area contributed by atoms with E-state index in [0.29, 0.717) is 5.82 Å². The molecular weight excluding hydrogens is 346 g/mol. The summed E-state index contributed by atoms with van der Waals surface area (Å²) in [5.41, 5.74) is 1.83. The Labute approximate surface area is 167 Å². The first kappa shape index (κ1) is 20.0. The number of aromatic nitrogens is 1. The number of hydrogen-bond acceptors (Lipinski definition) is 3. The molecule has 2 aliphatic heterocycles. The first-order chi connectivity index (χ1) is 13.5. The Morgan fingerprint density at radius 2 is 2.04 bits per heavy atom. The lowest BCUT2D eigenvalue weighted by molar-refractivity contribution is -0.124. The second-order valence-corrected chi connectivity index (χ2v) is 7.52. The second-order valence-electron chi connectivity index (χ2n) is 7.52. The number of nitrogens with one attached hydrogen (secondary N) is 1. The molecule has 146 valence electrons. The fourth-order valence-corrected chi connectivity index (χ4v) is 3.96. The number of carbonyl (C=O) groups is 1. The summed E-state index contributed by atoms with van der Waals surface area (Å²) in [6.07, 6.45) is 15.5. The van der Waals surface area contributed by atoms with Crippen LogP contribution in [0.3, 0.4) is 0 Å². The number of allylic oxidation sites excluding steroid dienone is 7.